The lowest BCUT2D eigenvalue weighted by molar-refractivity contribution is -0.104. The first kappa shape index (κ1) is 21.9. The molecule has 10 heteroatoms. The van der Waals surface area contributed by atoms with Gasteiger partial charge >= 0.3 is 0 Å². The number of aliphatic hydroxyl groups excluding tert-OH is 1. The molecule has 3 aromatic heterocycles. The van der Waals surface area contributed by atoms with Gasteiger partial charge in [0.25, 0.3) is 0 Å². The molecule has 0 atom stereocenters. The second-order valence-corrected chi connectivity index (χ2v) is 5.52. The highest BCUT2D eigenvalue weighted by Crippen LogP contribution is 2.17. The third-order valence-corrected chi connectivity index (χ3v) is 3.43. The van der Waals surface area contributed by atoms with E-state index in [-0.39, 0.29) is 0 Å². The smallest absolute Gasteiger partial charge is 0.180 e. The molecule has 0 bridgehead atoms. The van der Waals surface area contributed by atoms with Crippen molar-refractivity contribution in [2.75, 3.05) is 13.2 Å². The van der Waals surface area contributed by atoms with E-state index in [9.17, 15) is 9.90 Å². The van der Waals surface area contributed by atoms with Gasteiger partial charge in [-0.25, -0.2) is 15.0 Å². The van der Waals surface area contributed by atoms with E-state index in [0.29, 0.717) is 17.1 Å². The molecule has 0 aliphatic carbocycles. The quantitative estimate of drug-likeness (QED) is 0.655. The predicted octanol–water partition coefficient (Wildman–Crippen LogP) is 2.76. The van der Waals surface area contributed by atoms with Crippen LogP contribution >= 0.6 is 0 Å². The van der Waals surface area contributed by atoms with E-state index >= 15 is 0 Å². The van der Waals surface area contributed by atoms with Crippen molar-refractivity contribution in [3.63, 3.8) is 0 Å². The molecule has 1 fully saturated rings. The van der Waals surface area contributed by atoms with Crippen LogP contribution in [0.5, 0.6) is 0 Å². The average molecular weight is 402 g/mol. The van der Waals surface area contributed by atoms with Gasteiger partial charge in [0.2, 0.25) is 0 Å². The number of allylic oxidation sites excluding steroid dienone is 2. The molecule has 2 aliphatic heterocycles. The molecule has 10 nitrogen and oxygen atoms in total. The highest BCUT2D eigenvalue weighted by molar-refractivity contribution is 5.81. The van der Waals surface area contributed by atoms with Gasteiger partial charge in [0.15, 0.2) is 25.5 Å². The largest absolute Gasteiger partial charge is 0.452 e. The zero-order valence-electron chi connectivity index (χ0n) is 15.7. The van der Waals surface area contributed by atoms with Gasteiger partial charge < -0.3 is 23.1 Å². The lowest BCUT2D eigenvalue weighted by Gasteiger charge is -1.99. The van der Waals surface area contributed by atoms with E-state index in [0.717, 1.165) is 25.9 Å². The fourth-order valence-corrected chi connectivity index (χ4v) is 2.01. The van der Waals surface area contributed by atoms with E-state index in [1.165, 1.54) is 50.8 Å². The van der Waals surface area contributed by atoms with Crippen LogP contribution in [0.4, 0.5) is 0 Å². The molecular weight excluding hydrogens is 380 g/mol. The molecule has 2 aliphatic rings. The van der Waals surface area contributed by atoms with Crippen LogP contribution in [0.15, 0.2) is 74.2 Å². The Morgan fingerprint density at radius 3 is 1.97 bits per heavy atom. The summed E-state index contributed by atoms with van der Waals surface area (Å²) in [6.45, 7) is 2.00. The second-order valence-electron chi connectivity index (χ2n) is 5.52. The molecule has 5 heterocycles. The molecule has 0 unspecified atom stereocenters. The highest BCUT2D eigenvalue weighted by Gasteiger charge is 2.15. The Hall–Kier alpha value is -3.37. The Bertz CT molecular complexity index is 750. The van der Waals surface area contributed by atoms with Crippen molar-refractivity contribution in [1.82, 2.24) is 15.0 Å². The van der Waals surface area contributed by atoms with Gasteiger partial charge in [-0.2, -0.15) is 0 Å². The van der Waals surface area contributed by atoms with Gasteiger partial charge in [0.1, 0.15) is 36.3 Å². The molecule has 0 saturated carbocycles. The first-order valence-electron chi connectivity index (χ1n) is 8.83. The predicted molar refractivity (Wildman–Crippen MR) is 101 cm³/mol. The summed E-state index contributed by atoms with van der Waals surface area (Å²) in [5, 5.41) is 9.52. The van der Waals surface area contributed by atoms with Crippen LogP contribution in [0.1, 0.15) is 36.8 Å². The van der Waals surface area contributed by atoms with E-state index in [2.05, 4.69) is 24.4 Å². The standard InChI is InChI=1S/C7H6N2O3.C5H5NO.C4H8O.C3H3NO/c10-7(5-1-11-3-8-5)6-2-12-4-9-6;7-4-5-2-1-3-6-5;1-2-4-5-3-1;1-2-5-3-4-1/h1-4,7,10H;2-4H,1H2;1-4H2;1-3H. The van der Waals surface area contributed by atoms with Crippen molar-refractivity contribution in [3.05, 3.63) is 67.3 Å². The fraction of sp³-hybridized carbons (Fsp3) is 0.316. The highest BCUT2D eigenvalue weighted by atomic mass is 16.5. The van der Waals surface area contributed by atoms with Gasteiger partial charge in [0.05, 0.1) is 11.9 Å². The number of aliphatic hydroxyl groups is 1. The number of hydrogen-bond acceptors (Lipinski definition) is 10. The molecule has 0 radical (unpaired) electrons. The molecule has 1 N–H and O–H groups in total. The Balaban J connectivity index is 0.000000150. The van der Waals surface area contributed by atoms with Gasteiger partial charge in [-0.3, -0.25) is 9.79 Å². The van der Waals surface area contributed by atoms with Crippen molar-refractivity contribution in [2.24, 2.45) is 4.99 Å². The molecule has 1 saturated heterocycles. The van der Waals surface area contributed by atoms with Crippen molar-refractivity contribution in [3.8, 4) is 0 Å². The second kappa shape index (κ2) is 13.7. The molecule has 5 rings (SSSR count). The van der Waals surface area contributed by atoms with Crippen LogP contribution in [-0.4, -0.2) is 45.8 Å². The Kier molecular flexibility index (Phi) is 10.4. The van der Waals surface area contributed by atoms with Crippen molar-refractivity contribution >= 4 is 12.5 Å². The van der Waals surface area contributed by atoms with Gasteiger partial charge in [-0.05, 0) is 12.8 Å². The molecule has 0 amide bonds. The lowest BCUT2D eigenvalue weighted by atomic mass is 10.2. The first-order valence-corrected chi connectivity index (χ1v) is 8.83. The lowest BCUT2D eigenvalue weighted by Crippen LogP contribution is -1.99. The van der Waals surface area contributed by atoms with Crippen molar-refractivity contribution in [2.45, 2.75) is 25.4 Å². The summed E-state index contributed by atoms with van der Waals surface area (Å²) in [7, 11) is 0. The van der Waals surface area contributed by atoms with E-state index in [1.807, 2.05) is 0 Å². The summed E-state index contributed by atoms with van der Waals surface area (Å²) in [5.41, 5.74) is 1.40. The number of aromatic nitrogens is 3. The number of nitrogens with zero attached hydrogens (tertiary/aromatic N) is 4. The maximum Gasteiger partial charge on any atom is 0.180 e. The normalized spacial score (nSPS) is 14.1. The molecular formula is C19H22N4O6. The number of carbonyl (C=O) groups is 1. The minimum Gasteiger partial charge on any atom is -0.452 e. The van der Waals surface area contributed by atoms with Crippen LogP contribution in [0, 0.1) is 0 Å². The summed E-state index contributed by atoms with van der Waals surface area (Å²) in [4.78, 5) is 24.7. The zero-order valence-corrected chi connectivity index (χ0v) is 15.7. The maximum atomic E-state index is 9.83. The SMILES string of the molecule is C1CCOC1.O=CC1=CCC=N1.OC(c1cocn1)c1cocn1.c1cocn1. The number of carbonyl (C=O) groups excluding carboxylic acids is 1. The third-order valence-electron chi connectivity index (χ3n) is 3.43. The van der Waals surface area contributed by atoms with Gasteiger partial charge in [-0.1, -0.05) is 6.08 Å². The summed E-state index contributed by atoms with van der Waals surface area (Å²) < 4.78 is 18.8. The average Bonchev–Trinajstić information content (AvgIpc) is 3.63. The van der Waals surface area contributed by atoms with Gasteiger partial charge in [-0.15, -0.1) is 0 Å². The minimum atomic E-state index is -0.873. The number of aliphatic imine (C=N–C) groups is 1. The van der Waals surface area contributed by atoms with E-state index in [1.54, 1.807) is 18.5 Å². The summed E-state index contributed by atoms with van der Waals surface area (Å²) in [5.74, 6) is 0. The Morgan fingerprint density at radius 1 is 1.00 bits per heavy atom. The van der Waals surface area contributed by atoms with Crippen LogP contribution in [0.3, 0.4) is 0 Å². The summed E-state index contributed by atoms with van der Waals surface area (Å²) in [6.07, 6.45) is 16.4. The Labute approximate surface area is 167 Å². The van der Waals surface area contributed by atoms with Crippen molar-refractivity contribution < 1.29 is 27.9 Å². The number of rotatable bonds is 3. The molecule has 29 heavy (non-hydrogen) atoms. The maximum absolute atomic E-state index is 9.83. The number of hydrogen-bond donors (Lipinski definition) is 1. The number of aldehydes is 1. The number of oxazole rings is 3. The number of ether oxygens (including phenoxy) is 1. The summed E-state index contributed by atoms with van der Waals surface area (Å²) in [6, 6.07) is 0. The van der Waals surface area contributed by atoms with Crippen LogP contribution in [0.25, 0.3) is 0 Å². The van der Waals surface area contributed by atoms with E-state index < -0.39 is 6.10 Å². The minimum absolute atomic E-state index is 0.420. The van der Waals surface area contributed by atoms with Crippen LogP contribution < -0.4 is 0 Å². The zero-order chi connectivity index (χ0) is 20.6. The first-order chi connectivity index (χ1) is 14.3. The van der Waals surface area contributed by atoms with Crippen LogP contribution in [0.2, 0.25) is 0 Å². The molecule has 0 spiro atoms. The topological polar surface area (TPSA) is 137 Å². The van der Waals surface area contributed by atoms with Crippen molar-refractivity contribution in [1.29, 1.82) is 0 Å². The Morgan fingerprint density at radius 2 is 1.69 bits per heavy atom. The van der Waals surface area contributed by atoms with Gasteiger partial charge in [0, 0.05) is 25.8 Å². The monoisotopic (exact) mass is 402 g/mol. The summed E-state index contributed by atoms with van der Waals surface area (Å²) >= 11 is 0. The third kappa shape index (κ3) is 8.91. The molecule has 3 aromatic rings. The molecule has 0 aromatic carbocycles. The fourth-order valence-electron chi connectivity index (χ4n) is 2.01. The molecule has 154 valence electrons. The van der Waals surface area contributed by atoms with E-state index in [4.69, 9.17) is 13.6 Å². The van der Waals surface area contributed by atoms with Crippen LogP contribution in [-0.2, 0) is 9.53 Å².